The molecule has 0 saturated carbocycles. The summed E-state index contributed by atoms with van der Waals surface area (Å²) in [4.78, 5) is 16.3. The third kappa shape index (κ3) is 3.03. The third-order valence-electron chi connectivity index (χ3n) is 5.21. The van der Waals surface area contributed by atoms with Gasteiger partial charge in [0.15, 0.2) is 5.82 Å². The van der Waals surface area contributed by atoms with Gasteiger partial charge < -0.3 is 14.5 Å². The van der Waals surface area contributed by atoms with Crippen molar-refractivity contribution in [2.75, 3.05) is 45.3 Å². The zero-order valence-corrected chi connectivity index (χ0v) is 15.7. The number of hydrogen-bond acceptors (Lipinski definition) is 5. The first-order valence-corrected chi connectivity index (χ1v) is 9.83. The Morgan fingerprint density at radius 2 is 2.04 bits per heavy atom. The summed E-state index contributed by atoms with van der Waals surface area (Å²) in [6, 6.07) is 0. The highest BCUT2D eigenvalue weighted by Crippen LogP contribution is 2.40. The number of morpholine rings is 1. The highest BCUT2D eigenvalue weighted by Gasteiger charge is 2.25. The number of hydrogen-bond donors (Lipinski definition) is 1. The third-order valence-corrected chi connectivity index (χ3v) is 6.36. The van der Waals surface area contributed by atoms with Crippen molar-refractivity contribution in [2.24, 2.45) is 5.92 Å². The molecule has 0 amide bonds. The molecule has 0 unspecified atom stereocenters. The predicted molar refractivity (Wildman–Crippen MR) is 98.2 cm³/mol. The molecule has 130 valence electrons. The van der Waals surface area contributed by atoms with Crippen molar-refractivity contribution in [2.45, 2.75) is 32.7 Å². The maximum Gasteiger partial charge on any atom is 0.187 e. The number of nitrogens with one attached hydrogen (secondary N) is 1. The lowest BCUT2D eigenvalue weighted by molar-refractivity contribution is -0.922. The minimum atomic E-state index is 0.790. The van der Waals surface area contributed by atoms with E-state index in [1.165, 1.54) is 44.8 Å². The number of nitrogens with zero attached hydrogens (tertiary/aromatic N) is 3. The van der Waals surface area contributed by atoms with Crippen LogP contribution in [0.4, 0.5) is 5.82 Å². The summed E-state index contributed by atoms with van der Waals surface area (Å²) in [5, 5.41) is 1.31. The molecule has 5 nitrogen and oxygen atoms in total. The van der Waals surface area contributed by atoms with E-state index in [1.54, 1.807) is 0 Å². The molecule has 1 fully saturated rings. The smallest absolute Gasteiger partial charge is 0.187 e. The largest absolute Gasteiger partial charge is 0.370 e. The number of rotatable bonds is 3. The van der Waals surface area contributed by atoms with Crippen molar-refractivity contribution in [3.05, 3.63) is 16.3 Å². The van der Waals surface area contributed by atoms with Crippen molar-refractivity contribution in [1.82, 2.24) is 9.97 Å². The summed E-state index contributed by atoms with van der Waals surface area (Å²) >= 11 is 1.90. The predicted octanol–water partition coefficient (Wildman–Crippen LogP) is 1.30. The molecule has 4 rings (SSSR count). The molecule has 3 heterocycles. The Hall–Kier alpha value is -1.24. The van der Waals surface area contributed by atoms with Crippen LogP contribution in [-0.4, -0.2) is 50.4 Å². The maximum absolute atomic E-state index is 5.47. The first kappa shape index (κ1) is 16.2. The van der Waals surface area contributed by atoms with Crippen LogP contribution in [0.2, 0.25) is 0 Å². The lowest BCUT2D eigenvalue weighted by Gasteiger charge is -2.23. The number of thiophene rings is 1. The molecule has 6 heteroatoms. The van der Waals surface area contributed by atoms with Crippen LogP contribution in [0, 0.1) is 5.92 Å². The van der Waals surface area contributed by atoms with Gasteiger partial charge in [0.25, 0.3) is 0 Å². The molecule has 1 aliphatic heterocycles. The Morgan fingerprint density at radius 1 is 1.25 bits per heavy atom. The molecule has 1 saturated heterocycles. The van der Waals surface area contributed by atoms with E-state index in [4.69, 9.17) is 14.7 Å². The van der Waals surface area contributed by atoms with E-state index in [0.29, 0.717) is 0 Å². The van der Waals surface area contributed by atoms with Crippen molar-refractivity contribution < 1.29 is 9.64 Å². The Labute approximate surface area is 147 Å². The van der Waals surface area contributed by atoms with Gasteiger partial charge in [-0.15, -0.1) is 11.3 Å². The van der Waals surface area contributed by atoms with Gasteiger partial charge in [0.05, 0.1) is 18.6 Å². The summed E-state index contributed by atoms with van der Waals surface area (Å²) in [6.07, 6.45) is 3.66. The summed E-state index contributed by atoms with van der Waals surface area (Å²) in [7, 11) is 4.20. The van der Waals surface area contributed by atoms with Crippen LogP contribution in [0.3, 0.4) is 0 Å². The van der Waals surface area contributed by atoms with Crippen LogP contribution in [0.25, 0.3) is 10.2 Å². The Balaban J connectivity index is 1.74. The second-order valence-electron chi connectivity index (χ2n) is 7.43. The van der Waals surface area contributed by atoms with Gasteiger partial charge in [0, 0.05) is 19.0 Å². The van der Waals surface area contributed by atoms with Gasteiger partial charge in [-0.25, -0.2) is 9.97 Å². The van der Waals surface area contributed by atoms with Gasteiger partial charge in [0.2, 0.25) is 0 Å². The van der Waals surface area contributed by atoms with E-state index in [0.717, 1.165) is 50.4 Å². The van der Waals surface area contributed by atoms with Gasteiger partial charge in [-0.2, -0.15) is 0 Å². The van der Waals surface area contributed by atoms with Crippen LogP contribution >= 0.6 is 11.3 Å². The Bertz CT molecular complexity index is 736. The molecule has 0 spiro atoms. The second-order valence-corrected chi connectivity index (χ2v) is 8.51. The van der Waals surface area contributed by atoms with E-state index < -0.39 is 0 Å². The van der Waals surface area contributed by atoms with Crippen LogP contribution in [-0.2, 0) is 24.1 Å². The van der Waals surface area contributed by atoms with Gasteiger partial charge in [-0.1, -0.05) is 6.92 Å². The first-order chi connectivity index (χ1) is 11.6. The fraction of sp³-hybridized carbons (Fsp3) is 0.667. The average Bonchev–Trinajstić information content (AvgIpc) is 2.92. The highest BCUT2D eigenvalue weighted by atomic mass is 32.1. The summed E-state index contributed by atoms with van der Waals surface area (Å²) in [5.41, 5.74) is 1.52. The van der Waals surface area contributed by atoms with Gasteiger partial charge in [-0.05, 0) is 30.7 Å². The number of aryl methyl sites for hydroxylation is 1. The zero-order valence-electron chi connectivity index (χ0n) is 14.9. The van der Waals surface area contributed by atoms with Gasteiger partial charge >= 0.3 is 0 Å². The van der Waals surface area contributed by atoms with Crippen molar-refractivity contribution in [1.29, 1.82) is 0 Å². The van der Waals surface area contributed by atoms with Gasteiger partial charge in [-0.3, -0.25) is 0 Å². The topological polar surface area (TPSA) is 42.7 Å². The van der Waals surface area contributed by atoms with Gasteiger partial charge in [0.1, 0.15) is 30.3 Å². The second kappa shape index (κ2) is 6.58. The molecule has 0 radical (unpaired) electrons. The number of ether oxygens (including phenoxy) is 1. The fourth-order valence-electron chi connectivity index (χ4n) is 3.83. The number of quaternary nitrogens is 1. The van der Waals surface area contributed by atoms with E-state index in [1.807, 2.05) is 11.3 Å². The molecule has 2 aromatic rings. The first-order valence-electron chi connectivity index (χ1n) is 9.01. The maximum atomic E-state index is 5.47. The lowest BCUT2D eigenvalue weighted by atomic mass is 9.89. The average molecular weight is 348 g/mol. The van der Waals surface area contributed by atoms with E-state index in [-0.39, 0.29) is 0 Å². The molecule has 2 aliphatic rings. The van der Waals surface area contributed by atoms with E-state index in [2.05, 4.69) is 25.9 Å². The van der Waals surface area contributed by atoms with E-state index >= 15 is 0 Å². The van der Waals surface area contributed by atoms with Crippen LogP contribution in [0.15, 0.2) is 0 Å². The Kier molecular flexibility index (Phi) is 4.45. The zero-order chi connectivity index (χ0) is 16.7. The summed E-state index contributed by atoms with van der Waals surface area (Å²) in [5.74, 6) is 2.88. The lowest BCUT2D eigenvalue weighted by Crippen LogP contribution is -3.12. The van der Waals surface area contributed by atoms with Crippen LogP contribution in [0.1, 0.15) is 29.6 Å². The number of aromatic nitrogens is 2. The summed E-state index contributed by atoms with van der Waals surface area (Å²) in [6.45, 7) is 7.07. The molecule has 0 bridgehead atoms. The normalized spacial score (nSPS) is 21.9. The molecule has 2 aromatic heterocycles. The number of anilines is 1. The van der Waals surface area contributed by atoms with Crippen LogP contribution < -0.4 is 9.80 Å². The Morgan fingerprint density at radius 3 is 2.79 bits per heavy atom. The molecule has 1 N–H and O–H groups in total. The molecule has 0 aromatic carbocycles. The summed E-state index contributed by atoms with van der Waals surface area (Å²) < 4.78 is 5.47. The fourth-order valence-corrected chi connectivity index (χ4v) is 5.23. The van der Waals surface area contributed by atoms with E-state index in [9.17, 15) is 0 Å². The molecule has 1 atom stereocenters. The SMILES string of the molecule is C[C@@H]1CCc2c(sc3nc(C[NH+]4CCOCC4)nc(N(C)C)c23)C1. The van der Waals surface area contributed by atoms with Crippen molar-refractivity contribution >= 4 is 27.4 Å². The number of fused-ring (bicyclic) bond motifs is 3. The van der Waals surface area contributed by atoms with Crippen molar-refractivity contribution in [3.63, 3.8) is 0 Å². The molecule has 1 aliphatic carbocycles. The molecule has 24 heavy (non-hydrogen) atoms. The van der Waals surface area contributed by atoms with Crippen molar-refractivity contribution in [3.8, 4) is 0 Å². The minimum absolute atomic E-state index is 0.790. The van der Waals surface area contributed by atoms with Crippen LogP contribution in [0.5, 0.6) is 0 Å². The monoisotopic (exact) mass is 347 g/mol. The standard InChI is InChI=1S/C18H26N4OS/c1-12-4-5-13-14(10-12)24-18-16(13)17(21(2)3)19-15(20-18)11-22-6-8-23-9-7-22/h12H,4-11H2,1-3H3/p+1/t12-/m1/s1. The minimum Gasteiger partial charge on any atom is -0.370 e. The quantitative estimate of drug-likeness (QED) is 0.909. The molecular weight excluding hydrogens is 320 g/mol. The highest BCUT2D eigenvalue weighted by molar-refractivity contribution is 7.19. The molecular formula is C18H27N4OS+.